The number of ether oxygens (including phenoxy) is 3. The molecule has 3 rings (SSSR count). The van der Waals surface area contributed by atoms with Crippen molar-refractivity contribution in [1.29, 1.82) is 0 Å². The Balaban J connectivity index is 1.48. The van der Waals surface area contributed by atoms with Gasteiger partial charge in [-0.3, -0.25) is 0 Å². The van der Waals surface area contributed by atoms with Crippen LogP contribution in [0.3, 0.4) is 0 Å². The second-order valence-corrected chi connectivity index (χ2v) is 6.75. The molecule has 2 aromatic carbocycles. The summed E-state index contributed by atoms with van der Waals surface area (Å²) in [7, 11) is 1.40. The van der Waals surface area contributed by atoms with Gasteiger partial charge in [-0.1, -0.05) is 18.2 Å². The molecule has 5 heteroatoms. The van der Waals surface area contributed by atoms with Crippen LogP contribution in [-0.4, -0.2) is 37.5 Å². The molecule has 1 N–H and O–H groups in total. The van der Waals surface area contributed by atoms with Crippen LogP contribution in [0.2, 0.25) is 0 Å². The summed E-state index contributed by atoms with van der Waals surface area (Å²) in [5, 5.41) is 9.09. The third-order valence-corrected chi connectivity index (χ3v) is 4.82. The smallest absolute Gasteiger partial charge is 0.333 e. The van der Waals surface area contributed by atoms with Crippen LogP contribution in [0.15, 0.2) is 42.5 Å². The zero-order chi connectivity index (χ0) is 19.1. The van der Waals surface area contributed by atoms with E-state index in [0.717, 1.165) is 17.7 Å². The molecule has 0 bridgehead atoms. The van der Waals surface area contributed by atoms with Gasteiger partial charge >= 0.3 is 5.97 Å². The standard InChI is InChI=1S/C22H26O5/c1-25-21(22(23)24)14-16-5-4-8-19(13-16)26-11-12-27-20-10-9-17-6-2-3-7-18(17)15-20/h4-5,8-10,13,15,21H,2-3,6-7,11-12,14H2,1H3,(H,23,24)/t21-/m0/s1. The predicted octanol–water partition coefficient (Wildman–Crippen LogP) is 3.67. The van der Waals surface area contributed by atoms with Gasteiger partial charge in [0.25, 0.3) is 0 Å². The van der Waals surface area contributed by atoms with Crippen LogP contribution in [-0.2, 0) is 28.8 Å². The van der Waals surface area contributed by atoms with Gasteiger partial charge in [0, 0.05) is 13.5 Å². The maximum atomic E-state index is 11.1. The summed E-state index contributed by atoms with van der Waals surface area (Å²) in [6.45, 7) is 0.881. The van der Waals surface area contributed by atoms with Crippen molar-refractivity contribution in [1.82, 2.24) is 0 Å². The number of hydrogen-bond acceptors (Lipinski definition) is 4. The van der Waals surface area contributed by atoms with Crippen molar-refractivity contribution in [3.8, 4) is 11.5 Å². The lowest BCUT2D eigenvalue weighted by molar-refractivity contribution is -0.148. The van der Waals surface area contributed by atoms with Gasteiger partial charge in [-0.05, 0) is 66.6 Å². The van der Waals surface area contributed by atoms with Gasteiger partial charge in [0.2, 0.25) is 0 Å². The van der Waals surface area contributed by atoms with E-state index in [-0.39, 0.29) is 0 Å². The van der Waals surface area contributed by atoms with Crippen molar-refractivity contribution >= 4 is 5.97 Å². The van der Waals surface area contributed by atoms with Crippen molar-refractivity contribution in [2.75, 3.05) is 20.3 Å². The molecule has 1 aliphatic rings. The number of fused-ring (bicyclic) bond motifs is 1. The van der Waals surface area contributed by atoms with Gasteiger partial charge in [0.1, 0.15) is 24.7 Å². The molecule has 144 valence electrons. The highest BCUT2D eigenvalue weighted by Crippen LogP contribution is 2.25. The summed E-state index contributed by atoms with van der Waals surface area (Å²) in [6.07, 6.45) is 4.27. The average Bonchev–Trinajstić information content (AvgIpc) is 2.69. The molecule has 0 aliphatic heterocycles. The van der Waals surface area contributed by atoms with Crippen molar-refractivity contribution in [2.45, 2.75) is 38.2 Å². The third kappa shape index (κ3) is 5.47. The fraction of sp³-hybridized carbons (Fsp3) is 0.409. The summed E-state index contributed by atoms with van der Waals surface area (Å²) < 4.78 is 16.5. The average molecular weight is 370 g/mol. The minimum atomic E-state index is -0.970. The SMILES string of the molecule is CO[C@@H](Cc1cccc(OCCOc2ccc3c(c2)CCCC3)c1)C(=O)O. The molecule has 0 unspecified atom stereocenters. The van der Waals surface area contributed by atoms with Crippen LogP contribution in [0.1, 0.15) is 29.5 Å². The van der Waals surface area contributed by atoms with Gasteiger partial charge in [-0.15, -0.1) is 0 Å². The van der Waals surface area contributed by atoms with Crippen LogP contribution in [0.5, 0.6) is 11.5 Å². The molecular weight excluding hydrogens is 344 g/mol. The topological polar surface area (TPSA) is 65.0 Å². The summed E-state index contributed by atoms with van der Waals surface area (Å²) in [6, 6.07) is 13.8. The summed E-state index contributed by atoms with van der Waals surface area (Å²) >= 11 is 0. The normalized spacial score (nSPS) is 14.3. The van der Waals surface area contributed by atoms with E-state index in [1.807, 2.05) is 30.3 Å². The van der Waals surface area contributed by atoms with Crippen LogP contribution in [0.25, 0.3) is 0 Å². The minimum Gasteiger partial charge on any atom is -0.490 e. The lowest BCUT2D eigenvalue weighted by Crippen LogP contribution is -2.24. The molecule has 0 fully saturated rings. The summed E-state index contributed by atoms with van der Waals surface area (Å²) in [5.74, 6) is 0.612. The van der Waals surface area contributed by atoms with Crippen molar-refractivity contribution < 1.29 is 24.1 Å². The molecule has 0 saturated carbocycles. The van der Waals surface area contributed by atoms with E-state index in [1.54, 1.807) is 0 Å². The Hall–Kier alpha value is -2.53. The van der Waals surface area contributed by atoms with E-state index in [9.17, 15) is 4.79 Å². The number of methoxy groups -OCH3 is 1. The number of carboxylic acid groups (broad SMARTS) is 1. The van der Waals surface area contributed by atoms with E-state index in [1.165, 1.54) is 37.5 Å². The maximum Gasteiger partial charge on any atom is 0.333 e. The zero-order valence-corrected chi connectivity index (χ0v) is 15.6. The molecule has 0 spiro atoms. The Kier molecular flexibility index (Phi) is 6.71. The van der Waals surface area contributed by atoms with Crippen molar-refractivity contribution in [2.24, 2.45) is 0 Å². The van der Waals surface area contributed by atoms with E-state index in [2.05, 4.69) is 12.1 Å². The molecule has 2 aromatic rings. The van der Waals surface area contributed by atoms with Gasteiger partial charge in [-0.2, -0.15) is 0 Å². The monoisotopic (exact) mass is 370 g/mol. The Labute approximate surface area is 159 Å². The number of benzene rings is 2. The highest BCUT2D eigenvalue weighted by molar-refractivity contribution is 5.72. The number of rotatable bonds is 9. The molecule has 0 radical (unpaired) electrons. The molecule has 0 aromatic heterocycles. The zero-order valence-electron chi connectivity index (χ0n) is 15.6. The summed E-state index contributed by atoms with van der Waals surface area (Å²) in [4.78, 5) is 11.1. The molecule has 5 nitrogen and oxygen atoms in total. The second kappa shape index (κ2) is 9.42. The fourth-order valence-corrected chi connectivity index (χ4v) is 3.37. The first-order valence-electron chi connectivity index (χ1n) is 9.37. The molecule has 1 aliphatic carbocycles. The van der Waals surface area contributed by atoms with E-state index < -0.39 is 12.1 Å². The molecule has 0 heterocycles. The Morgan fingerprint density at radius 2 is 1.70 bits per heavy atom. The molecule has 1 atom stereocenters. The highest BCUT2D eigenvalue weighted by Gasteiger charge is 2.17. The minimum absolute atomic E-state index is 0.300. The van der Waals surface area contributed by atoms with E-state index in [4.69, 9.17) is 19.3 Å². The van der Waals surface area contributed by atoms with E-state index in [0.29, 0.717) is 25.4 Å². The van der Waals surface area contributed by atoms with Crippen LogP contribution in [0, 0.1) is 0 Å². The molecule has 0 amide bonds. The van der Waals surface area contributed by atoms with Crippen LogP contribution >= 0.6 is 0 Å². The molecular formula is C22H26O5. The highest BCUT2D eigenvalue weighted by atomic mass is 16.5. The Morgan fingerprint density at radius 3 is 2.41 bits per heavy atom. The quantitative estimate of drug-likeness (QED) is 0.683. The van der Waals surface area contributed by atoms with E-state index >= 15 is 0 Å². The summed E-state index contributed by atoms with van der Waals surface area (Å²) in [5.41, 5.74) is 3.70. The van der Waals surface area contributed by atoms with Gasteiger partial charge in [0.15, 0.2) is 6.10 Å². The number of hydrogen-bond donors (Lipinski definition) is 1. The number of carbonyl (C=O) groups is 1. The lowest BCUT2D eigenvalue weighted by Gasteiger charge is -2.17. The molecule has 0 saturated heterocycles. The largest absolute Gasteiger partial charge is 0.490 e. The van der Waals surface area contributed by atoms with Crippen LogP contribution in [0.4, 0.5) is 0 Å². The second-order valence-electron chi connectivity index (χ2n) is 6.75. The predicted molar refractivity (Wildman–Crippen MR) is 103 cm³/mol. The number of carboxylic acids is 1. The first kappa shape index (κ1) is 19.2. The Morgan fingerprint density at radius 1 is 1.00 bits per heavy atom. The van der Waals surface area contributed by atoms with Gasteiger partial charge in [0.05, 0.1) is 0 Å². The fourth-order valence-electron chi connectivity index (χ4n) is 3.37. The Bertz CT molecular complexity index is 771. The third-order valence-electron chi connectivity index (χ3n) is 4.82. The van der Waals surface area contributed by atoms with Crippen molar-refractivity contribution in [3.05, 3.63) is 59.2 Å². The molecule has 27 heavy (non-hydrogen) atoms. The maximum absolute atomic E-state index is 11.1. The van der Waals surface area contributed by atoms with Crippen molar-refractivity contribution in [3.63, 3.8) is 0 Å². The number of aryl methyl sites for hydroxylation is 2. The first-order chi connectivity index (χ1) is 13.2. The van der Waals surface area contributed by atoms with Gasteiger partial charge < -0.3 is 19.3 Å². The first-order valence-corrected chi connectivity index (χ1v) is 9.37. The van der Waals surface area contributed by atoms with Gasteiger partial charge in [-0.25, -0.2) is 4.79 Å². The van der Waals surface area contributed by atoms with Crippen LogP contribution < -0.4 is 9.47 Å². The lowest BCUT2D eigenvalue weighted by atomic mass is 9.92. The number of aliphatic carboxylic acids is 1.